The molecular weight excluding hydrogens is 436 g/mol. The molecule has 6 aromatic rings. The molecule has 1 aliphatic rings. The number of benzene rings is 5. The monoisotopic (exact) mass is 462 g/mol. The summed E-state index contributed by atoms with van der Waals surface area (Å²) in [7, 11) is 0. The molecule has 172 valence electrons. The smallest absolute Gasteiger partial charge is 0.0696 e. The van der Waals surface area contributed by atoms with Crippen molar-refractivity contribution >= 4 is 33.2 Å². The van der Waals surface area contributed by atoms with Crippen molar-refractivity contribution in [2.24, 2.45) is 4.99 Å². The minimum absolute atomic E-state index is 0.237. The van der Waals surface area contributed by atoms with Gasteiger partial charge in [-0.3, -0.25) is 4.99 Å². The standard InChI is InChI=1S/C34H26N2/c1-34(2)31-29(35-33(34)24-14-7-4-8-15-24)21-20-28-27-18-9-10-19-30(27)36(32(28)31)26-17-11-16-25(22-26)23-12-5-3-6-13-23/h3-22H,1-2H3. The molecule has 0 fully saturated rings. The van der Waals surface area contributed by atoms with Crippen LogP contribution < -0.4 is 0 Å². The lowest BCUT2D eigenvalue weighted by Gasteiger charge is -2.24. The Morgan fingerprint density at radius 3 is 2.03 bits per heavy atom. The third-order valence-corrected chi connectivity index (χ3v) is 7.52. The van der Waals surface area contributed by atoms with Gasteiger partial charge in [-0.05, 0) is 54.8 Å². The van der Waals surface area contributed by atoms with Gasteiger partial charge in [0, 0.05) is 27.4 Å². The molecule has 7 rings (SSSR count). The highest BCUT2D eigenvalue weighted by atomic mass is 15.0. The number of rotatable bonds is 3. The van der Waals surface area contributed by atoms with Crippen LogP contribution in [0.3, 0.4) is 0 Å². The SMILES string of the molecule is CC1(C)C(c2ccccc2)=Nc2ccc3c4ccccc4n(-c4cccc(-c5ccccc5)c4)c3c21. The first kappa shape index (κ1) is 20.9. The van der Waals surface area contributed by atoms with Crippen LogP contribution in [0.25, 0.3) is 38.6 Å². The van der Waals surface area contributed by atoms with Gasteiger partial charge in [-0.15, -0.1) is 0 Å². The highest BCUT2D eigenvalue weighted by Crippen LogP contribution is 2.48. The van der Waals surface area contributed by atoms with E-state index in [4.69, 9.17) is 4.99 Å². The summed E-state index contributed by atoms with van der Waals surface area (Å²) in [5.41, 5.74) is 10.5. The van der Waals surface area contributed by atoms with E-state index in [1.54, 1.807) is 0 Å². The summed E-state index contributed by atoms with van der Waals surface area (Å²) in [5.74, 6) is 0. The maximum atomic E-state index is 5.20. The van der Waals surface area contributed by atoms with Gasteiger partial charge in [-0.1, -0.05) is 97.1 Å². The molecular formula is C34H26N2. The van der Waals surface area contributed by atoms with Crippen LogP contribution in [0, 0.1) is 0 Å². The third kappa shape index (κ3) is 3.01. The zero-order valence-corrected chi connectivity index (χ0v) is 20.4. The Bertz CT molecular complexity index is 1790. The van der Waals surface area contributed by atoms with Gasteiger partial charge < -0.3 is 4.57 Å². The van der Waals surface area contributed by atoms with Gasteiger partial charge in [0.05, 0.1) is 22.4 Å². The molecule has 0 aliphatic carbocycles. The molecule has 0 bridgehead atoms. The summed E-state index contributed by atoms with van der Waals surface area (Å²) in [6.07, 6.45) is 0. The van der Waals surface area contributed by atoms with Gasteiger partial charge in [-0.2, -0.15) is 0 Å². The summed E-state index contributed by atoms with van der Waals surface area (Å²) >= 11 is 0. The van der Waals surface area contributed by atoms with Gasteiger partial charge in [-0.25, -0.2) is 0 Å². The van der Waals surface area contributed by atoms with Crippen molar-refractivity contribution in [1.82, 2.24) is 4.57 Å². The molecule has 0 saturated carbocycles. The largest absolute Gasteiger partial charge is 0.309 e. The summed E-state index contributed by atoms with van der Waals surface area (Å²) < 4.78 is 2.45. The van der Waals surface area contributed by atoms with Gasteiger partial charge in [0.1, 0.15) is 0 Å². The molecule has 2 heterocycles. The number of para-hydroxylation sites is 1. The number of hydrogen-bond acceptors (Lipinski definition) is 1. The first-order valence-corrected chi connectivity index (χ1v) is 12.5. The second-order valence-electron chi connectivity index (χ2n) is 10.1. The summed E-state index contributed by atoms with van der Waals surface area (Å²) in [5, 5.41) is 2.54. The Kier molecular flexibility index (Phi) is 4.52. The van der Waals surface area contributed by atoms with Crippen molar-refractivity contribution in [3.05, 3.63) is 132 Å². The number of hydrogen-bond donors (Lipinski definition) is 0. The van der Waals surface area contributed by atoms with Gasteiger partial charge in [0.25, 0.3) is 0 Å². The second kappa shape index (κ2) is 7.79. The predicted octanol–water partition coefficient (Wildman–Crippen LogP) is 8.86. The zero-order chi connectivity index (χ0) is 24.3. The van der Waals surface area contributed by atoms with Gasteiger partial charge >= 0.3 is 0 Å². The van der Waals surface area contributed by atoms with Crippen LogP contribution in [0.5, 0.6) is 0 Å². The minimum Gasteiger partial charge on any atom is -0.309 e. The molecule has 5 aromatic carbocycles. The zero-order valence-electron chi connectivity index (χ0n) is 20.4. The minimum atomic E-state index is -0.237. The van der Waals surface area contributed by atoms with Crippen molar-refractivity contribution in [3.63, 3.8) is 0 Å². The maximum Gasteiger partial charge on any atom is 0.0696 e. The molecule has 36 heavy (non-hydrogen) atoms. The van der Waals surface area contributed by atoms with E-state index < -0.39 is 0 Å². The molecule has 1 aromatic heterocycles. The van der Waals surface area contributed by atoms with E-state index >= 15 is 0 Å². The topological polar surface area (TPSA) is 17.3 Å². The van der Waals surface area contributed by atoms with E-state index in [2.05, 4.69) is 140 Å². The number of fused-ring (bicyclic) bond motifs is 5. The molecule has 2 nitrogen and oxygen atoms in total. The van der Waals surface area contributed by atoms with Crippen LogP contribution in [-0.4, -0.2) is 10.3 Å². The lowest BCUT2D eigenvalue weighted by molar-refractivity contribution is 0.741. The molecule has 1 aliphatic heterocycles. The molecule has 0 atom stereocenters. The van der Waals surface area contributed by atoms with Crippen LogP contribution in [0.4, 0.5) is 5.69 Å². The first-order valence-electron chi connectivity index (χ1n) is 12.5. The Morgan fingerprint density at radius 1 is 0.583 bits per heavy atom. The number of nitrogens with zero attached hydrogens (tertiary/aromatic N) is 2. The van der Waals surface area contributed by atoms with E-state index in [-0.39, 0.29) is 5.41 Å². The Hall–Kier alpha value is -4.43. The number of aromatic nitrogens is 1. The quantitative estimate of drug-likeness (QED) is 0.250. The average molecular weight is 463 g/mol. The highest BCUT2D eigenvalue weighted by Gasteiger charge is 2.38. The van der Waals surface area contributed by atoms with Gasteiger partial charge in [0.15, 0.2) is 0 Å². The lowest BCUT2D eigenvalue weighted by Crippen LogP contribution is -2.27. The van der Waals surface area contributed by atoms with E-state index in [0.717, 1.165) is 11.4 Å². The molecule has 0 saturated heterocycles. The van der Waals surface area contributed by atoms with Gasteiger partial charge in [0.2, 0.25) is 0 Å². The summed E-state index contributed by atoms with van der Waals surface area (Å²) in [6.45, 7) is 4.62. The fraction of sp³-hybridized carbons (Fsp3) is 0.0882. The van der Waals surface area contributed by atoms with Crippen molar-refractivity contribution < 1.29 is 0 Å². The van der Waals surface area contributed by atoms with Crippen LogP contribution in [0.1, 0.15) is 25.0 Å². The first-order chi connectivity index (χ1) is 17.6. The fourth-order valence-corrected chi connectivity index (χ4v) is 5.88. The van der Waals surface area contributed by atoms with E-state index in [9.17, 15) is 0 Å². The fourth-order valence-electron chi connectivity index (χ4n) is 5.88. The van der Waals surface area contributed by atoms with Crippen molar-refractivity contribution in [3.8, 4) is 16.8 Å². The lowest BCUT2D eigenvalue weighted by atomic mass is 9.78. The van der Waals surface area contributed by atoms with Crippen molar-refractivity contribution in [1.29, 1.82) is 0 Å². The van der Waals surface area contributed by atoms with Crippen molar-refractivity contribution in [2.45, 2.75) is 19.3 Å². The van der Waals surface area contributed by atoms with E-state index in [1.807, 2.05) is 0 Å². The Morgan fingerprint density at radius 2 is 1.25 bits per heavy atom. The Balaban J connectivity index is 1.54. The second-order valence-corrected chi connectivity index (χ2v) is 10.1. The molecule has 0 amide bonds. The van der Waals surface area contributed by atoms with Crippen LogP contribution in [-0.2, 0) is 5.41 Å². The van der Waals surface area contributed by atoms with E-state index in [0.29, 0.717) is 0 Å². The number of aliphatic imine (C=N–C) groups is 1. The third-order valence-electron chi connectivity index (χ3n) is 7.52. The molecule has 0 N–H and O–H groups in total. The predicted molar refractivity (Wildman–Crippen MR) is 152 cm³/mol. The average Bonchev–Trinajstić information content (AvgIpc) is 3.40. The van der Waals surface area contributed by atoms with Crippen molar-refractivity contribution in [2.75, 3.05) is 0 Å². The molecule has 2 heteroatoms. The van der Waals surface area contributed by atoms with Crippen LogP contribution in [0.2, 0.25) is 0 Å². The summed E-state index contributed by atoms with van der Waals surface area (Å²) in [4.78, 5) is 5.20. The van der Waals surface area contributed by atoms with Crippen LogP contribution >= 0.6 is 0 Å². The molecule has 0 unspecified atom stereocenters. The Labute approximate surface area is 211 Å². The summed E-state index contributed by atoms with van der Waals surface area (Å²) in [6, 6.07) is 43.3. The van der Waals surface area contributed by atoms with E-state index in [1.165, 1.54) is 49.7 Å². The highest BCUT2D eigenvalue weighted by molar-refractivity contribution is 6.19. The molecule has 0 radical (unpaired) electrons. The normalized spacial score (nSPS) is 14.2. The maximum absolute atomic E-state index is 5.20. The van der Waals surface area contributed by atoms with Crippen LogP contribution in [0.15, 0.2) is 126 Å². The molecule has 0 spiro atoms.